The zero-order valence-electron chi connectivity index (χ0n) is 18.4. The van der Waals surface area contributed by atoms with Crippen molar-refractivity contribution in [3.63, 3.8) is 0 Å². The molecule has 0 aliphatic heterocycles. The molecule has 1 N–H and O–H groups in total. The molecule has 0 rings (SSSR count). The van der Waals surface area contributed by atoms with Crippen LogP contribution in [0.3, 0.4) is 0 Å². The van der Waals surface area contributed by atoms with E-state index in [9.17, 15) is 21.6 Å². The van der Waals surface area contributed by atoms with E-state index in [0.717, 1.165) is 6.42 Å². The van der Waals surface area contributed by atoms with E-state index in [0.29, 0.717) is 6.42 Å². The van der Waals surface area contributed by atoms with Gasteiger partial charge in [-0.05, 0) is 48.0 Å². The first-order valence-electron chi connectivity index (χ1n) is 9.39. The van der Waals surface area contributed by atoms with Crippen LogP contribution in [0.15, 0.2) is 12.2 Å². The van der Waals surface area contributed by atoms with Crippen molar-refractivity contribution in [3.05, 3.63) is 12.2 Å². The third-order valence-corrected chi connectivity index (χ3v) is 8.26. The molecule has 0 radical (unpaired) electrons. The minimum Gasteiger partial charge on any atom is -0.456 e. The summed E-state index contributed by atoms with van der Waals surface area (Å²) in [5, 5.41) is 0. The quantitative estimate of drug-likeness (QED) is 0.239. The molecule has 0 aromatic carbocycles. The van der Waals surface area contributed by atoms with Crippen molar-refractivity contribution < 1.29 is 35.8 Å². The maximum atomic E-state index is 12.6. The Morgan fingerprint density at radius 1 is 1.10 bits per heavy atom. The monoisotopic (exact) mass is 457 g/mol. The molecule has 0 fully saturated rings. The van der Waals surface area contributed by atoms with Gasteiger partial charge in [-0.3, -0.25) is 0 Å². The van der Waals surface area contributed by atoms with Gasteiger partial charge in [0, 0.05) is 18.6 Å². The summed E-state index contributed by atoms with van der Waals surface area (Å²) in [5.74, 6) is -0.563. The number of sulfonamides is 2. The Labute approximate surface area is 175 Å². The summed E-state index contributed by atoms with van der Waals surface area (Å²) in [6.07, 6.45) is 1.67. The predicted molar refractivity (Wildman–Crippen MR) is 111 cm³/mol. The van der Waals surface area contributed by atoms with E-state index in [2.05, 4.69) is 6.58 Å². The van der Waals surface area contributed by atoms with E-state index in [1.807, 2.05) is 6.92 Å². The van der Waals surface area contributed by atoms with E-state index >= 15 is 0 Å². The molecule has 0 aromatic heterocycles. The molecule has 0 amide bonds. The molecule has 0 bridgehead atoms. The molecule has 0 aromatic rings. The third kappa shape index (κ3) is 9.56. The fraction of sp³-hybridized carbons (Fsp3) is 0.833. The van der Waals surface area contributed by atoms with Gasteiger partial charge in [-0.15, -0.1) is 4.13 Å². The maximum Gasteiger partial charge on any atom is 0.333 e. The number of rotatable bonds is 14. The number of hydrogen-bond donors (Lipinski definition) is 1. The normalized spacial score (nSPS) is 14.4. The molecular formula is C18H35NO8S2. The molecule has 9 nitrogen and oxygen atoms in total. The highest BCUT2D eigenvalue weighted by Crippen LogP contribution is 2.22. The van der Waals surface area contributed by atoms with Crippen molar-refractivity contribution in [2.45, 2.75) is 83.7 Å². The number of hydrogen-bond acceptors (Lipinski definition) is 8. The van der Waals surface area contributed by atoms with Crippen molar-refractivity contribution in [2.24, 2.45) is 0 Å². The summed E-state index contributed by atoms with van der Waals surface area (Å²) in [4.78, 5) is 9.80. The van der Waals surface area contributed by atoms with Crippen LogP contribution < -0.4 is 4.13 Å². The third-order valence-electron chi connectivity index (χ3n) is 4.03. The number of carbonyl (C=O) groups excluding carboxylic acids is 1. The topological polar surface area (TPSA) is 125 Å². The van der Waals surface area contributed by atoms with Gasteiger partial charge in [0.2, 0.25) is 0 Å². The molecule has 1 atom stereocenters. The van der Waals surface area contributed by atoms with E-state index < -0.39 is 42.0 Å². The first-order chi connectivity index (χ1) is 13.0. The van der Waals surface area contributed by atoms with Crippen molar-refractivity contribution in [3.8, 4) is 0 Å². The summed E-state index contributed by atoms with van der Waals surface area (Å²) in [6.45, 7) is 14.1. The summed E-state index contributed by atoms with van der Waals surface area (Å²) in [6, 6.07) is 0. The molecule has 172 valence electrons. The Morgan fingerprint density at radius 3 is 2.14 bits per heavy atom. The van der Waals surface area contributed by atoms with Crippen LogP contribution in [0.1, 0.15) is 67.7 Å². The molecular weight excluding hydrogens is 422 g/mol. The lowest BCUT2D eigenvalue weighted by atomic mass is 10.1. The average Bonchev–Trinajstić information content (AvgIpc) is 2.52. The van der Waals surface area contributed by atoms with Crippen LogP contribution >= 0.6 is 0 Å². The van der Waals surface area contributed by atoms with Crippen LogP contribution in [-0.2, 0) is 39.1 Å². The van der Waals surface area contributed by atoms with Crippen molar-refractivity contribution in [1.29, 1.82) is 0 Å². The van der Waals surface area contributed by atoms with Gasteiger partial charge in [-0.1, -0.05) is 19.9 Å². The standard InChI is InChI=1S/C18H35NO8S2/c1-9-10-12-25-15(4)28(21,22)19-29(23,24)18(7,8)26-13-11-17(5,6)27-16(20)14(2)3/h15,19H,2,9-13H2,1,3-8H3. The van der Waals surface area contributed by atoms with E-state index in [1.54, 1.807) is 18.0 Å². The van der Waals surface area contributed by atoms with E-state index in [1.165, 1.54) is 27.7 Å². The lowest BCUT2D eigenvalue weighted by molar-refractivity contribution is -0.153. The SMILES string of the molecule is C=C(C)C(=O)OC(C)(C)CCOC(C)(C)S(=O)(=O)NS(=O)(=O)C(C)OCCCC. The zero-order chi connectivity index (χ0) is 23.1. The Hall–Kier alpha value is -1.01. The van der Waals surface area contributed by atoms with Gasteiger partial charge in [0.05, 0.1) is 6.61 Å². The first kappa shape index (κ1) is 28.0. The van der Waals surface area contributed by atoms with Gasteiger partial charge in [0.25, 0.3) is 20.0 Å². The molecule has 0 saturated heterocycles. The second-order valence-electron chi connectivity index (χ2n) is 7.85. The first-order valence-corrected chi connectivity index (χ1v) is 12.4. The number of esters is 1. The fourth-order valence-electron chi connectivity index (χ4n) is 1.81. The van der Waals surface area contributed by atoms with Crippen LogP contribution in [0, 0.1) is 0 Å². The smallest absolute Gasteiger partial charge is 0.333 e. The summed E-state index contributed by atoms with van der Waals surface area (Å²) < 4.78 is 67.2. The van der Waals surface area contributed by atoms with E-state index in [4.69, 9.17) is 14.2 Å². The van der Waals surface area contributed by atoms with Gasteiger partial charge < -0.3 is 14.2 Å². The van der Waals surface area contributed by atoms with Crippen molar-refractivity contribution in [2.75, 3.05) is 13.2 Å². The number of nitrogens with one attached hydrogen (secondary N) is 1. The van der Waals surface area contributed by atoms with Gasteiger partial charge in [0.1, 0.15) is 5.60 Å². The van der Waals surface area contributed by atoms with Gasteiger partial charge >= 0.3 is 5.97 Å². The average molecular weight is 458 g/mol. The molecule has 0 saturated carbocycles. The minimum atomic E-state index is -4.41. The highest BCUT2D eigenvalue weighted by Gasteiger charge is 2.40. The molecule has 29 heavy (non-hydrogen) atoms. The van der Waals surface area contributed by atoms with Gasteiger partial charge in [-0.25, -0.2) is 21.6 Å². The molecule has 11 heteroatoms. The summed E-state index contributed by atoms with van der Waals surface area (Å²) >= 11 is 0. The number of ether oxygens (including phenoxy) is 3. The predicted octanol–water partition coefficient (Wildman–Crippen LogP) is 2.44. The Balaban J connectivity index is 4.97. The zero-order valence-corrected chi connectivity index (χ0v) is 20.0. The largest absolute Gasteiger partial charge is 0.456 e. The van der Waals surface area contributed by atoms with E-state index in [-0.39, 0.29) is 25.2 Å². The van der Waals surface area contributed by atoms with Crippen LogP contribution in [0.5, 0.6) is 0 Å². The van der Waals surface area contributed by atoms with Crippen LogP contribution in [0.2, 0.25) is 0 Å². The fourth-order valence-corrected chi connectivity index (χ4v) is 4.90. The van der Waals surface area contributed by atoms with Crippen LogP contribution in [0.4, 0.5) is 0 Å². The molecule has 0 aliphatic carbocycles. The van der Waals surface area contributed by atoms with Crippen LogP contribution in [-0.4, -0.2) is 52.0 Å². The maximum absolute atomic E-state index is 12.6. The Kier molecular flexibility index (Phi) is 10.5. The number of carbonyl (C=O) groups is 1. The lowest BCUT2D eigenvalue weighted by Crippen LogP contribution is -2.49. The molecule has 0 aliphatic rings. The highest BCUT2D eigenvalue weighted by atomic mass is 32.3. The van der Waals surface area contributed by atoms with Crippen molar-refractivity contribution >= 4 is 26.0 Å². The van der Waals surface area contributed by atoms with Crippen molar-refractivity contribution in [1.82, 2.24) is 4.13 Å². The molecule has 0 heterocycles. The second kappa shape index (κ2) is 10.9. The number of unbranched alkanes of at least 4 members (excludes halogenated alkanes) is 1. The van der Waals surface area contributed by atoms with Gasteiger partial charge in [-0.2, -0.15) is 0 Å². The Bertz CT molecular complexity index is 770. The van der Waals surface area contributed by atoms with Gasteiger partial charge in [0.15, 0.2) is 10.4 Å². The summed E-state index contributed by atoms with van der Waals surface area (Å²) in [7, 11) is -8.69. The second-order valence-corrected chi connectivity index (χ2v) is 12.3. The molecule has 1 unspecified atom stereocenters. The van der Waals surface area contributed by atoms with Crippen LogP contribution in [0.25, 0.3) is 0 Å². The highest BCUT2D eigenvalue weighted by molar-refractivity contribution is 8.05. The molecule has 0 spiro atoms. The summed E-state index contributed by atoms with van der Waals surface area (Å²) in [5.41, 5.74) is -2.01. The minimum absolute atomic E-state index is 0.0903. The lowest BCUT2D eigenvalue weighted by Gasteiger charge is -2.29. The Morgan fingerprint density at radius 2 is 1.66 bits per heavy atom.